The SMILES string of the molecule is CCN(CC)c1ccc(C(=O)NNC(=O)CCn2nc(C)cc2C)cc1. The van der Waals surface area contributed by atoms with Crippen LogP contribution in [-0.2, 0) is 11.3 Å². The van der Waals surface area contributed by atoms with E-state index < -0.39 is 0 Å². The second-order valence-electron chi connectivity index (χ2n) is 6.12. The van der Waals surface area contributed by atoms with Gasteiger partial charge in [0, 0.05) is 36.5 Å². The second-order valence-corrected chi connectivity index (χ2v) is 6.12. The summed E-state index contributed by atoms with van der Waals surface area (Å²) in [7, 11) is 0. The molecule has 0 saturated heterocycles. The first-order valence-electron chi connectivity index (χ1n) is 8.89. The standard InChI is InChI=1S/C19H27N5O2/c1-5-23(6-2)17-9-7-16(8-10-17)19(26)21-20-18(25)11-12-24-15(4)13-14(3)22-24/h7-10,13H,5-6,11-12H2,1-4H3,(H,20,25)(H,21,26). The van der Waals surface area contributed by atoms with Crippen molar-refractivity contribution in [1.82, 2.24) is 20.6 Å². The lowest BCUT2D eigenvalue weighted by Crippen LogP contribution is -2.42. The van der Waals surface area contributed by atoms with E-state index in [0.717, 1.165) is 30.2 Å². The van der Waals surface area contributed by atoms with Crippen molar-refractivity contribution >= 4 is 17.5 Å². The van der Waals surface area contributed by atoms with Gasteiger partial charge in [-0.05, 0) is 58.0 Å². The van der Waals surface area contributed by atoms with Crippen molar-refractivity contribution in [1.29, 1.82) is 0 Å². The molecule has 1 aromatic heterocycles. The van der Waals surface area contributed by atoms with Gasteiger partial charge in [-0.3, -0.25) is 25.1 Å². The summed E-state index contributed by atoms with van der Waals surface area (Å²) in [6.45, 7) is 10.3. The maximum Gasteiger partial charge on any atom is 0.269 e. The highest BCUT2D eigenvalue weighted by Gasteiger charge is 2.09. The summed E-state index contributed by atoms with van der Waals surface area (Å²) in [5.74, 6) is -0.596. The van der Waals surface area contributed by atoms with Crippen LogP contribution in [0.25, 0.3) is 0 Å². The molecule has 2 amide bonds. The number of hydrogen-bond acceptors (Lipinski definition) is 4. The molecular weight excluding hydrogens is 330 g/mol. The molecule has 0 unspecified atom stereocenters. The van der Waals surface area contributed by atoms with Crippen LogP contribution in [0.3, 0.4) is 0 Å². The topological polar surface area (TPSA) is 79.3 Å². The minimum atomic E-state index is -0.337. The zero-order valence-electron chi connectivity index (χ0n) is 15.9. The summed E-state index contributed by atoms with van der Waals surface area (Å²) in [6, 6.07) is 9.29. The maximum absolute atomic E-state index is 12.1. The molecule has 2 aromatic rings. The van der Waals surface area contributed by atoms with Gasteiger partial charge in [0.1, 0.15) is 0 Å². The van der Waals surface area contributed by atoms with E-state index >= 15 is 0 Å². The van der Waals surface area contributed by atoms with Crippen LogP contribution in [0.4, 0.5) is 5.69 Å². The van der Waals surface area contributed by atoms with Gasteiger partial charge in [0.25, 0.3) is 5.91 Å². The largest absolute Gasteiger partial charge is 0.372 e. The average Bonchev–Trinajstić information content (AvgIpc) is 2.96. The Morgan fingerprint density at radius 2 is 1.73 bits per heavy atom. The first-order valence-corrected chi connectivity index (χ1v) is 8.89. The first kappa shape index (κ1) is 19.5. The Bertz CT molecular complexity index is 748. The van der Waals surface area contributed by atoms with Crippen LogP contribution in [0, 0.1) is 13.8 Å². The minimum Gasteiger partial charge on any atom is -0.372 e. The number of nitrogens with zero attached hydrogens (tertiary/aromatic N) is 3. The van der Waals surface area contributed by atoms with Crippen LogP contribution in [0.2, 0.25) is 0 Å². The van der Waals surface area contributed by atoms with E-state index in [1.807, 2.05) is 32.0 Å². The highest BCUT2D eigenvalue weighted by atomic mass is 16.2. The summed E-state index contributed by atoms with van der Waals surface area (Å²) in [6.07, 6.45) is 0.239. The number of hydrazine groups is 1. The van der Waals surface area contributed by atoms with E-state index in [9.17, 15) is 9.59 Å². The predicted octanol–water partition coefficient (Wildman–Crippen LogP) is 2.20. The molecular formula is C19H27N5O2. The zero-order chi connectivity index (χ0) is 19.1. The van der Waals surface area contributed by atoms with Gasteiger partial charge in [-0.1, -0.05) is 0 Å². The highest BCUT2D eigenvalue weighted by molar-refractivity contribution is 5.95. The molecule has 0 radical (unpaired) electrons. The third-order valence-electron chi connectivity index (χ3n) is 4.23. The van der Waals surface area contributed by atoms with Crippen LogP contribution in [0.15, 0.2) is 30.3 Å². The number of benzene rings is 1. The lowest BCUT2D eigenvalue weighted by Gasteiger charge is -2.21. The van der Waals surface area contributed by atoms with Gasteiger partial charge >= 0.3 is 0 Å². The number of nitrogens with one attached hydrogen (secondary N) is 2. The Morgan fingerprint density at radius 3 is 2.27 bits per heavy atom. The predicted molar refractivity (Wildman–Crippen MR) is 102 cm³/mol. The summed E-state index contributed by atoms with van der Waals surface area (Å²) in [5.41, 5.74) is 8.39. The highest BCUT2D eigenvalue weighted by Crippen LogP contribution is 2.14. The Hall–Kier alpha value is -2.83. The summed E-state index contributed by atoms with van der Waals surface area (Å²) >= 11 is 0. The Kier molecular flexibility index (Phi) is 6.77. The van der Waals surface area contributed by atoms with E-state index in [1.54, 1.807) is 16.8 Å². The molecule has 0 fully saturated rings. The molecule has 140 valence electrons. The number of aromatic nitrogens is 2. The second kappa shape index (κ2) is 9.03. The molecule has 0 aliphatic rings. The molecule has 0 bridgehead atoms. The van der Waals surface area contributed by atoms with Crippen molar-refractivity contribution in [2.75, 3.05) is 18.0 Å². The molecule has 26 heavy (non-hydrogen) atoms. The number of aryl methyl sites for hydroxylation is 3. The number of rotatable bonds is 7. The number of hydrogen-bond donors (Lipinski definition) is 2. The zero-order valence-corrected chi connectivity index (χ0v) is 15.9. The minimum absolute atomic E-state index is 0.239. The summed E-state index contributed by atoms with van der Waals surface area (Å²) < 4.78 is 1.78. The maximum atomic E-state index is 12.1. The smallest absolute Gasteiger partial charge is 0.269 e. The third kappa shape index (κ3) is 5.08. The average molecular weight is 357 g/mol. The van der Waals surface area contributed by atoms with Gasteiger partial charge in [0.05, 0.1) is 12.2 Å². The molecule has 0 aliphatic carbocycles. The van der Waals surface area contributed by atoms with Gasteiger partial charge < -0.3 is 4.90 Å². The van der Waals surface area contributed by atoms with Crippen molar-refractivity contribution in [3.63, 3.8) is 0 Å². The van der Waals surface area contributed by atoms with Gasteiger partial charge in [-0.2, -0.15) is 5.10 Å². The van der Waals surface area contributed by atoms with Gasteiger partial charge in [-0.15, -0.1) is 0 Å². The van der Waals surface area contributed by atoms with Crippen molar-refractivity contribution < 1.29 is 9.59 Å². The molecule has 0 atom stereocenters. The van der Waals surface area contributed by atoms with Crippen molar-refractivity contribution in [2.24, 2.45) is 0 Å². The van der Waals surface area contributed by atoms with Crippen LogP contribution in [0.1, 0.15) is 42.0 Å². The fourth-order valence-electron chi connectivity index (χ4n) is 2.78. The number of carbonyl (C=O) groups is 2. The molecule has 0 saturated carbocycles. The molecule has 1 heterocycles. The van der Waals surface area contributed by atoms with Crippen molar-refractivity contribution in [3.8, 4) is 0 Å². The molecule has 0 spiro atoms. The molecule has 7 heteroatoms. The number of anilines is 1. The van der Waals surface area contributed by atoms with Crippen LogP contribution in [-0.4, -0.2) is 34.7 Å². The van der Waals surface area contributed by atoms with Gasteiger partial charge in [0.2, 0.25) is 5.91 Å². The Morgan fingerprint density at radius 1 is 1.08 bits per heavy atom. The van der Waals surface area contributed by atoms with Crippen LogP contribution < -0.4 is 15.8 Å². The van der Waals surface area contributed by atoms with Crippen LogP contribution in [0.5, 0.6) is 0 Å². The van der Waals surface area contributed by atoms with Gasteiger partial charge in [-0.25, -0.2) is 0 Å². The fraction of sp³-hybridized carbons (Fsp3) is 0.421. The van der Waals surface area contributed by atoms with E-state index in [-0.39, 0.29) is 18.2 Å². The fourth-order valence-corrected chi connectivity index (χ4v) is 2.78. The van der Waals surface area contributed by atoms with E-state index in [0.29, 0.717) is 12.1 Å². The van der Waals surface area contributed by atoms with Gasteiger partial charge in [0.15, 0.2) is 0 Å². The monoisotopic (exact) mass is 357 g/mol. The third-order valence-corrected chi connectivity index (χ3v) is 4.23. The quantitative estimate of drug-likeness (QED) is 0.745. The lowest BCUT2D eigenvalue weighted by molar-refractivity contribution is -0.122. The normalized spacial score (nSPS) is 10.5. The van der Waals surface area contributed by atoms with Crippen molar-refractivity contribution in [3.05, 3.63) is 47.3 Å². The van der Waals surface area contributed by atoms with Crippen molar-refractivity contribution in [2.45, 2.75) is 40.7 Å². The number of carbonyl (C=O) groups excluding carboxylic acids is 2. The number of amides is 2. The van der Waals surface area contributed by atoms with E-state index in [2.05, 4.69) is 34.7 Å². The summed E-state index contributed by atoms with van der Waals surface area (Å²) in [5, 5.41) is 4.31. The first-order chi connectivity index (χ1) is 12.4. The lowest BCUT2D eigenvalue weighted by atomic mass is 10.2. The molecule has 0 aliphatic heterocycles. The molecule has 1 aromatic carbocycles. The van der Waals surface area contributed by atoms with Crippen LogP contribution >= 0.6 is 0 Å². The molecule has 7 nitrogen and oxygen atoms in total. The van der Waals surface area contributed by atoms with E-state index in [4.69, 9.17) is 0 Å². The van der Waals surface area contributed by atoms with E-state index in [1.165, 1.54) is 0 Å². The molecule has 2 N–H and O–H groups in total. The Balaban J connectivity index is 1.82. The molecule has 2 rings (SSSR count). The summed E-state index contributed by atoms with van der Waals surface area (Å²) in [4.78, 5) is 26.3. The Labute approximate surface area is 154 Å².